The van der Waals surface area contributed by atoms with Gasteiger partial charge in [0.1, 0.15) is 17.2 Å². The van der Waals surface area contributed by atoms with Crippen molar-refractivity contribution < 1.29 is 23.1 Å². The Morgan fingerprint density at radius 3 is 2.58 bits per heavy atom. The van der Waals surface area contributed by atoms with E-state index in [1.807, 2.05) is 0 Å². The number of amides is 2. The highest BCUT2D eigenvalue weighted by atomic mass is 32.2. The van der Waals surface area contributed by atoms with Gasteiger partial charge in [-0.05, 0) is 49.3 Å². The van der Waals surface area contributed by atoms with Gasteiger partial charge in [0.05, 0.1) is 13.2 Å². The predicted octanol–water partition coefficient (Wildman–Crippen LogP) is 3.88. The lowest BCUT2D eigenvalue weighted by Gasteiger charge is -2.38. The smallest absolute Gasteiger partial charge is 0.251 e. The van der Waals surface area contributed by atoms with E-state index in [-0.39, 0.29) is 16.3 Å². The Hall–Kier alpha value is -1.42. The van der Waals surface area contributed by atoms with Crippen LogP contribution >= 0.6 is 11.8 Å². The fourth-order valence-electron chi connectivity index (χ4n) is 2.86. The summed E-state index contributed by atoms with van der Waals surface area (Å²) in [5.74, 6) is -0.199. The normalized spacial score (nSPS) is 18.5. The zero-order valence-electron chi connectivity index (χ0n) is 19.4. The number of benzene rings is 1. The van der Waals surface area contributed by atoms with Gasteiger partial charge >= 0.3 is 0 Å². The van der Waals surface area contributed by atoms with Crippen molar-refractivity contribution in [1.82, 2.24) is 10.2 Å². The lowest BCUT2D eigenvalue weighted by atomic mass is 10.2. The molecule has 174 valence electrons. The van der Waals surface area contributed by atoms with E-state index in [2.05, 4.69) is 39.2 Å². The van der Waals surface area contributed by atoms with E-state index in [1.165, 1.54) is 24.3 Å². The molecule has 2 atom stereocenters. The van der Waals surface area contributed by atoms with Crippen LogP contribution in [0.15, 0.2) is 24.3 Å². The van der Waals surface area contributed by atoms with E-state index in [9.17, 15) is 14.0 Å². The van der Waals surface area contributed by atoms with Gasteiger partial charge in [0, 0.05) is 24.5 Å². The minimum atomic E-state index is -1.80. The van der Waals surface area contributed by atoms with Crippen molar-refractivity contribution in [2.24, 2.45) is 0 Å². The molecule has 1 aromatic carbocycles. The van der Waals surface area contributed by atoms with Crippen LogP contribution in [0, 0.1) is 5.82 Å². The maximum absolute atomic E-state index is 13.1. The summed E-state index contributed by atoms with van der Waals surface area (Å²) in [6.07, 6.45) is 0. The number of carbonyl (C=O) groups is 2. The first-order valence-electron chi connectivity index (χ1n) is 10.6. The molecule has 1 aromatic rings. The Balaban J connectivity index is 1.89. The summed E-state index contributed by atoms with van der Waals surface area (Å²) in [6.45, 7) is 14.8. The molecule has 1 heterocycles. The van der Waals surface area contributed by atoms with Gasteiger partial charge in [-0.15, -0.1) is 11.8 Å². The molecule has 1 saturated heterocycles. The van der Waals surface area contributed by atoms with Crippen molar-refractivity contribution in [3.8, 4) is 0 Å². The molecule has 9 heteroatoms. The number of nitrogens with zero attached hydrogens (tertiary/aromatic N) is 1. The van der Waals surface area contributed by atoms with Crippen LogP contribution in [0.3, 0.4) is 0 Å². The Labute approximate surface area is 190 Å². The zero-order chi connectivity index (χ0) is 23.2. The summed E-state index contributed by atoms with van der Waals surface area (Å²) in [5.41, 5.74) is 0.316. The van der Waals surface area contributed by atoms with Crippen molar-refractivity contribution in [2.45, 2.75) is 57.2 Å². The number of hydrogen-bond acceptors (Lipinski definition) is 5. The SMILES string of the molecule is CC(NC(=O)c1ccc(F)cc1)C(=O)N1CCOCC1SCCO[Si](C)(C)C(C)(C)C. The molecule has 0 bridgehead atoms. The second-order valence-electron chi connectivity index (χ2n) is 9.24. The first-order chi connectivity index (χ1) is 14.4. The van der Waals surface area contributed by atoms with Gasteiger partial charge in [0.2, 0.25) is 5.91 Å². The van der Waals surface area contributed by atoms with Crippen LogP contribution < -0.4 is 5.32 Å². The van der Waals surface area contributed by atoms with Crippen LogP contribution in [-0.4, -0.2) is 68.6 Å². The summed E-state index contributed by atoms with van der Waals surface area (Å²) in [6, 6.07) is 4.56. The molecular formula is C22H35FN2O4SSi. The van der Waals surface area contributed by atoms with Crippen molar-refractivity contribution in [1.29, 1.82) is 0 Å². The molecule has 0 saturated carbocycles. The Kier molecular flexibility index (Phi) is 9.11. The van der Waals surface area contributed by atoms with E-state index >= 15 is 0 Å². The number of rotatable bonds is 8. The molecule has 0 radical (unpaired) electrons. The average molecular weight is 471 g/mol. The number of hydrogen-bond donors (Lipinski definition) is 1. The van der Waals surface area contributed by atoms with E-state index < -0.39 is 26.1 Å². The summed E-state index contributed by atoms with van der Waals surface area (Å²) in [4.78, 5) is 27.2. The first kappa shape index (κ1) is 25.8. The highest BCUT2D eigenvalue weighted by Crippen LogP contribution is 2.36. The summed E-state index contributed by atoms with van der Waals surface area (Å²) < 4.78 is 24.9. The molecule has 1 aliphatic rings. The molecule has 1 N–H and O–H groups in total. The van der Waals surface area contributed by atoms with Crippen molar-refractivity contribution >= 4 is 31.9 Å². The van der Waals surface area contributed by atoms with Crippen molar-refractivity contribution in [3.63, 3.8) is 0 Å². The molecule has 0 spiro atoms. The topological polar surface area (TPSA) is 67.9 Å². The first-order valence-corrected chi connectivity index (χ1v) is 14.6. The number of morpholine rings is 1. The zero-order valence-corrected chi connectivity index (χ0v) is 21.2. The molecule has 2 unspecified atom stereocenters. The fourth-order valence-corrected chi connectivity index (χ4v) is 5.09. The van der Waals surface area contributed by atoms with Gasteiger partial charge in [-0.1, -0.05) is 20.8 Å². The molecule has 6 nitrogen and oxygen atoms in total. The van der Waals surface area contributed by atoms with Gasteiger partial charge < -0.3 is 19.4 Å². The van der Waals surface area contributed by atoms with Gasteiger partial charge in [0.25, 0.3) is 5.91 Å². The molecule has 1 fully saturated rings. The number of thioether (sulfide) groups is 1. The summed E-state index contributed by atoms with van der Waals surface area (Å²) >= 11 is 1.64. The number of ether oxygens (including phenoxy) is 1. The van der Waals surface area contributed by atoms with E-state index in [4.69, 9.17) is 9.16 Å². The Bertz CT molecular complexity index is 755. The molecule has 2 rings (SSSR count). The van der Waals surface area contributed by atoms with Crippen LogP contribution in [-0.2, 0) is 14.0 Å². The highest BCUT2D eigenvalue weighted by Gasteiger charge is 2.37. The maximum Gasteiger partial charge on any atom is 0.251 e. The third-order valence-corrected chi connectivity index (χ3v) is 11.6. The second-order valence-corrected chi connectivity index (χ2v) is 15.3. The Morgan fingerprint density at radius 2 is 1.97 bits per heavy atom. The third-order valence-electron chi connectivity index (χ3n) is 5.85. The minimum absolute atomic E-state index is 0.116. The maximum atomic E-state index is 13.1. The summed E-state index contributed by atoms with van der Waals surface area (Å²) in [7, 11) is -1.80. The molecule has 1 aliphatic heterocycles. The van der Waals surface area contributed by atoms with Gasteiger partial charge in [-0.25, -0.2) is 4.39 Å². The van der Waals surface area contributed by atoms with Crippen LogP contribution in [0.2, 0.25) is 18.1 Å². The molecule has 2 amide bonds. The quantitative estimate of drug-likeness (QED) is 0.461. The van der Waals surface area contributed by atoms with Gasteiger partial charge in [-0.3, -0.25) is 9.59 Å². The lowest BCUT2D eigenvalue weighted by Crippen LogP contribution is -2.54. The van der Waals surface area contributed by atoms with Crippen LogP contribution in [0.1, 0.15) is 38.1 Å². The summed E-state index contributed by atoms with van der Waals surface area (Å²) in [5, 5.41) is 2.76. The van der Waals surface area contributed by atoms with E-state index in [0.717, 1.165) is 5.75 Å². The second kappa shape index (κ2) is 10.9. The molecular weight excluding hydrogens is 435 g/mol. The molecule has 0 aliphatic carbocycles. The van der Waals surface area contributed by atoms with E-state index in [1.54, 1.807) is 23.6 Å². The van der Waals surface area contributed by atoms with Gasteiger partial charge in [-0.2, -0.15) is 0 Å². The minimum Gasteiger partial charge on any atom is -0.416 e. The Morgan fingerprint density at radius 1 is 1.32 bits per heavy atom. The standard InChI is InChI=1S/C22H35FN2O4SSi/c1-16(24-20(26)17-7-9-18(23)10-8-17)21(27)25-11-12-28-15-19(25)30-14-13-29-31(5,6)22(2,3)4/h7-10,16,19H,11-15H2,1-6H3,(H,24,26). The number of carbonyl (C=O) groups excluding carboxylic acids is 2. The number of nitrogens with one attached hydrogen (secondary N) is 1. The highest BCUT2D eigenvalue weighted by molar-refractivity contribution is 7.99. The molecule has 0 aromatic heterocycles. The van der Waals surface area contributed by atoms with Crippen LogP contribution in [0.4, 0.5) is 4.39 Å². The van der Waals surface area contributed by atoms with Crippen molar-refractivity contribution in [3.05, 3.63) is 35.6 Å². The number of halogens is 1. The monoisotopic (exact) mass is 470 g/mol. The van der Waals surface area contributed by atoms with Gasteiger partial charge in [0.15, 0.2) is 8.32 Å². The van der Waals surface area contributed by atoms with Crippen molar-refractivity contribution in [2.75, 3.05) is 32.1 Å². The van der Waals surface area contributed by atoms with E-state index in [0.29, 0.717) is 31.9 Å². The average Bonchev–Trinajstić information content (AvgIpc) is 2.70. The van der Waals surface area contributed by atoms with Crippen LogP contribution in [0.5, 0.6) is 0 Å². The lowest BCUT2D eigenvalue weighted by molar-refractivity contribution is -0.138. The third kappa shape index (κ3) is 7.30. The van der Waals surface area contributed by atoms with Crippen LogP contribution in [0.25, 0.3) is 0 Å². The fraction of sp³-hybridized carbons (Fsp3) is 0.636. The predicted molar refractivity (Wildman–Crippen MR) is 125 cm³/mol. The molecule has 31 heavy (non-hydrogen) atoms. The largest absolute Gasteiger partial charge is 0.416 e.